The molecule has 26 heteroatoms. The van der Waals surface area contributed by atoms with Crippen LogP contribution in [-0.2, 0) is 67.2 Å². The van der Waals surface area contributed by atoms with Gasteiger partial charge in [0.1, 0.15) is 48.6 Å². The van der Waals surface area contributed by atoms with Crippen LogP contribution in [0.4, 0.5) is 0 Å². The fourth-order valence-corrected chi connectivity index (χ4v) is 10.7. The molecule has 26 nitrogen and oxygen atoms in total. The minimum atomic E-state index is -1.47. The number of imidazole rings is 1. The number of hydrogen-bond donors (Lipinski definition) is 14. The van der Waals surface area contributed by atoms with E-state index in [1.54, 1.807) is 12.3 Å². The van der Waals surface area contributed by atoms with Crippen LogP contribution in [0.1, 0.15) is 114 Å². The number of nitrogens with zero attached hydrogens (tertiary/aromatic N) is 2. The second kappa shape index (κ2) is 34.7. The minimum absolute atomic E-state index is 0.00337. The SMILES string of the molecule is CC(=O)N[C@@H](CC1CCCCC1)C(=O)N[C@@H](CC=O)C(=O)N[C@@H](Cc1cnc[nH]1)C(=O)N[C@H](Cc1ccc2ccccc2c1)C(=O)N[C@@H](CCCN=C(N)N)C(=O)N[C@@H](Cc1c[nH]c2ccccc12)C(=O)NCCCC(=O)N[C@@H](CCCCN)C(N)=O. The quantitative estimate of drug-likeness (QED) is 0.0113. The second-order valence-corrected chi connectivity index (χ2v) is 22.1. The molecule has 0 bridgehead atoms. The van der Waals surface area contributed by atoms with Gasteiger partial charge in [-0.1, -0.05) is 92.8 Å². The van der Waals surface area contributed by atoms with Gasteiger partial charge in [0.2, 0.25) is 53.2 Å². The average Bonchev–Trinajstić information content (AvgIpc) is 3.33. The van der Waals surface area contributed by atoms with Crippen LogP contribution >= 0.6 is 0 Å². The summed E-state index contributed by atoms with van der Waals surface area (Å²) in [6.45, 7) is 1.76. The van der Waals surface area contributed by atoms with Gasteiger partial charge >= 0.3 is 0 Å². The monoisotopic (exact) mass is 1200 g/mol. The third kappa shape index (κ3) is 22.0. The van der Waals surface area contributed by atoms with Gasteiger partial charge in [-0.3, -0.25) is 48.1 Å². The molecule has 87 heavy (non-hydrogen) atoms. The normalized spacial score (nSPS) is 14.8. The zero-order valence-electron chi connectivity index (χ0n) is 49.2. The third-order valence-corrected chi connectivity index (χ3v) is 15.3. The first-order valence-electron chi connectivity index (χ1n) is 29.8. The highest BCUT2D eigenvalue weighted by Gasteiger charge is 2.35. The number of para-hydroxylation sites is 1. The van der Waals surface area contributed by atoms with E-state index in [0.29, 0.717) is 55.3 Å². The van der Waals surface area contributed by atoms with Crippen LogP contribution in [0.25, 0.3) is 21.7 Å². The van der Waals surface area contributed by atoms with E-state index >= 15 is 4.79 Å². The number of benzene rings is 3. The average molecular weight is 1200 g/mol. The first-order valence-corrected chi connectivity index (χ1v) is 29.8. The molecule has 7 atom stereocenters. The Labute approximate surface area is 504 Å². The van der Waals surface area contributed by atoms with Gasteiger partial charge in [0.15, 0.2) is 5.96 Å². The van der Waals surface area contributed by atoms with E-state index in [1.165, 1.54) is 19.4 Å². The van der Waals surface area contributed by atoms with Gasteiger partial charge in [0.25, 0.3) is 0 Å². The lowest BCUT2D eigenvalue weighted by Gasteiger charge is -2.28. The van der Waals surface area contributed by atoms with Gasteiger partial charge in [0, 0.05) is 81.1 Å². The highest BCUT2D eigenvalue weighted by atomic mass is 16.2. The number of aliphatic imine (C=N–C) groups is 1. The molecule has 1 saturated carbocycles. The molecule has 2 aromatic heterocycles. The number of carbonyl (C=O) groups excluding carboxylic acids is 10. The van der Waals surface area contributed by atoms with Crippen molar-refractivity contribution in [2.75, 3.05) is 19.6 Å². The van der Waals surface area contributed by atoms with Crippen molar-refractivity contribution >= 4 is 87.1 Å². The van der Waals surface area contributed by atoms with E-state index in [9.17, 15) is 43.2 Å². The molecule has 18 N–H and O–H groups in total. The van der Waals surface area contributed by atoms with E-state index in [0.717, 1.165) is 53.8 Å². The van der Waals surface area contributed by atoms with Gasteiger partial charge in [-0.05, 0) is 85.4 Å². The lowest BCUT2D eigenvalue weighted by Crippen LogP contribution is -2.60. The smallest absolute Gasteiger partial charge is 0.243 e. The first kappa shape index (κ1) is 66.9. The van der Waals surface area contributed by atoms with Crippen molar-refractivity contribution < 1.29 is 47.9 Å². The van der Waals surface area contributed by atoms with Crippen molar-refractivity contribution in [1.29, 1.82) is 0 Å². The van der Waals surface area contributed by atoms with Crippen LogP contribution in [0, 0.1) is 5.92 Å². The topological polar surface area (TPSA) is 428 Å². The third-order valence-electron chi connectivity index (χ3n) is 15.3. The molecule has 0 aliphatic heterocycles. The van der Waals surface area contributed by atoms with Gasteiger partial charge in [-0.25, -0.2) is 4.98 Å². The zero-order valence-corrected chi connectivity index (χ0v) is 49.2. The highest BCUT2D eigenvalue weighted by Crippen LogP contribution is 2.28. The van der Waals surface area contributed by atoms with Crippen LogP contribution in [0.2, 0.25) is 0 Å². The number of nitrogens with one attached hydrogen (secondary N) is 10. The Morgan fingerprint density at radius 2 is 1.28 bits per heavy atom. The summed E-state index contributed by atoms with van der Waals surface area (Å²) in [6, 6.07) is 11.5. The molecule has 0 saturated heterocycles. The maximum atomic E-state index is 15.0. The van der Waals surface area contributed by atoms with E-state index in [-0.39, 0.29) is 69.9 Å². The van der Waals surface area contributed by atoms with Crippen LogP contribution in [-0.4, -0.2) is 142 Å². The predicted octanol–water partition coefficient (Wildman–Crippen LogP) is 0.609. The van der Waals surface area contributed by atoms with Gasteiger partial charge in [-0.15, -0.1) is 0 Å². The summed E-state index contributed by atoms with van der Waals surface area (Å²) < 4.78 is 0. The number of fused-ring (bicyclic) bond motifs is 2. The number of nitrogens with two attached hydrogens (primary N) is 4. The number of guanidine groups is 1. The fourth-order valence-electron chi connectivity index (χ4n) is 10.7. The zero-order chi connectivity index (χ0) is 62.7. The van der Waals surface area contributed by atoms with Crippen molar-refractivity contribution in [2.45, 2.75) is 158 Å². The van der Waals surface area contributed by atoms with Crippen molar-refractivity contribution in [2.24, 2.45) is 33.8 Å². The summed E-state index contributed by atoms with van der Waals surface area (Å²) in [7, 11) is 0. The summed E-state index contributed by atoms with van der Waals surface area (Å²) in [5.41, 5.74) is 24.9. The number of H-pyrrole nitrogens is 2. The minimum Gasteiger partial charge on any atom is -0.370 e. The van der Waals surface area contributed by atoms with Crippen LogP contribution in [0.3, 0.4) is 0 Å². The molecule has 2 heterocycles. The highest BCUT2D eigenvalue weighted by molar-refractivity contribution is 5.98. The summed E-state index contributed by atoms with van der Waals surface area (Å²) in [5, 5.41) is 24.5. The lowest BCUT2D eigenvalue weighted by atomic mass is 9.84. The molecule has 6 rings (SSSR count). The Kier molecular flexibility index (Phi) is 26.7. The molecule has 468 valence electrons. The molecule has 9 amide bonds. The van der Waals surface area contributed by atoms with Gasteiger partial charge in [0.05, 0.1) is 6.33 Å². The molecular formula is C61H84N16O10. The largest absolute Gasteiger partial charge is 0.370 e. The predicted molar refractivity (Wildman–Crippen MR) is 327 cm³/mol. The Hall–Kier alpha value is -9.20. The van der Waals surface area contributed by atoms with E-state index in [4.69, 9.17) is 22.9 Å². The Morgan fingerprint density at radius 1 is 0.644 bits per heavy atom. The van der Waals surface area contributed by atoms with Crippen molar-refractivity contribution in [3.05, 3.63) is 102 Å². The second-order valence-electron chi connectivity index (χ2n) is 22.1. The van der Waals surface area contributed by atoms with Crippen LogP contribution in [0.5, 0.6) is 0 Å². The van der Waals surface area contributed by atoms with Crippen molar-refractivity contribution in [3.8, 4) is 0 Å². The Balaban J connectivity index is 1.26. The number of aldehydes is 1. The van der Waals surface area contributed by atoms with E-state index in [2.05, 4.69) is 62.5 Å². The summed E-state index contributed by atoms with van der Waals surface area (Å²) in [5.74, 6) is -6.27. The van der Waals surface area contributed by atoms with Crippen LogP contribution in [0.15, 0.2) is 90.4 Å². The maximum Gasteiger partial charge on any atom is 0.243 e. The Bertz CT molecular complexity index is 3160. The number of amides is 9. The molecule has 1 aliphatic carbocycles. The molecule has 1 aliphatic rings. The summed E-state index contributed by atoms with van der Waals surface area (Å²) in [6.07, 6.45) is 11.0. The standard InChI is InChI=1S/C61H84N16O10/c1-37(79)71-49(30-38-13-3-2-4-14-38)58(85)74-48(24-28-78)57(84)77-52(33-43-35-66-36-70-43)60(87)75-50(31-39-22-23-40-15-5-6-16-41(40)29-39)59(86)73-47(20-11-27-68-61(64)65)56(83)76-51(32-42-34-69-45-18-8-7-17-44(42)45)55(82)67-26-12-21-53(80)72-46(54(63)81)19-9-10-25-62/h5-8,15-18,22-23,28-29,34-36,38,46-52,69H,2-4,9-14,19-21,24-27,30-33,62H2,1H3,(H2,63,81)(H,66,70)(H,67,82)(H,71,79)(H,72,80)(H,73,86)(H,74,85)(H,75,87)(H,76,83)(H,77,84)(H4,64,65,68)/t46-,47-,48-,49-,50+,51-,52-/m0/s1. The van der Waals surface area contributed by atoms with E-state index < -0.39 is 102 Å². The molecule has 0 radical (unpaired) electrons. The molecule has 1 fully saturated rings. The number of hydrogen-bond acceptors (Lipinski definition) is 13. The molecule has 0 unspecified atom stereocenters. The molecular weight excluding hydrogens is 1120 g/mol. The number of unbranched alkanes of at least 4 members (excludes halogenated alkanes) is 1. The van der Waals surface area contributed by atoms with Crippen molar-refractivity contribution in [3.63, 3.8) is 0 Å². The molecule has 0 spiro atoms. The van der Waals surface area contributed by atoms with Crippen LogP contribution < -0.4 is 65.5 Å². The lowest BCUT2D eigenvalue weighted by molar-refractivity contribution is -0.135. The van der Waals surface area contributed by atoms with Gasteiger partial charge < -0.3 is 80.2 Å². The number of aromatic nitrogens is 3. The number of carbonyl (C=O) groups is 10. The number of aromatic amines is 2. The van der Waals surface area contributed by atoms with Crippen molar-refractivity contribution in [1.82, 2.24) is 57.5 Å². The Morgan fingerprint density at radius 3 is 1.95 bits per heavy atom. The maximum absolute atomic E-state index is 15.0. The summed E-state index contributed by atoms with van der Waals surface area (Å²) >= 11 is 0. The number of rotatable bonds is 36. The van der Waals surface area contributed by atoms with E-state index in [1.807, 2.05) is 60.7 Å². The summed E-state index contributed by atoms with van der Waals surface area (Å²) in [4.78, 5) is 151. The number of primary amides is 1. The fraction of sp³-hybridized carbons (Fsp3) is 0.475. The first-order chi connectivity index (χ1) is 41.9. The van der Waals surface area contributed by atoms with Gasteiger partial charge in [-0.2, -0.15) is 0 Å². The molecule has 5 aromatic rings. The molecule has 3 aromatic carbocycles.